The van der Waals surface area contributed by atoms with Crippen molar-refractivity contribution in [2.24, 2.45) is 0 Å². The fraction of sp³-hybridized carbons (Fsp3) is 0.385. The van der Waals surface area contributed by atoms with Crippen molar-refractivity contribution >= 4 is 17.5 Å². The Labute approximate surface area is 101 Å². The predicted molar refractivity (Wildman–Crippen MR) is 65.9 cm³/mol. The molecule has 4 nitrogen and oxygen atoms in total. The largest absolute Gasteiger partial charge is 0.347 e. The number of carbonyl (C=O) groups excluding carboxylic acids is 2. The average molecular weight is 232 g/mol. The number of benzene rings is 1. The van der Waals surface area contributed by atoms with Gasteiger partial charge in [-0.05, 0) is 25.5 Å². The lowest BCUT2D eigenvalue weighted by atomic mass is 10.1. The number of nitrogens with zero attached hydrogens (tertiary/aromatic N) is 1. The van der Waals surface area contributed by atoms with E-state index in [4.69, 9.17) is 0 Å². The fourth-order valence-corrected chi connectivity index (χ4v) is 2.06. The first-order valence-electron chi connectivity index (χ1n) is 5.72. The summed E-state index contributed by atoms with van der Waals surface area (Å²) < 4.78 is 0. The minimum absolute atomic E-state index is 0.0530. The van der Waals surface area contributed by atoms with E-state index in [0.29, 0.717) is 13.0 Å². The highest BCUT2D eigenvalue weighted by atomic mass is 16.2. The van der Waals surface area contributed by atoms with Crippen molar-refractivity contribution in [3.63, 3.8) is 0 Å². The molecule has 0 saturated carbocycles. The molecule has 90 valence electrons. The minimum Gasteiger partial charge on any atom is -0.347 e. The zero-order valence-electron chi connectivity index (χ0n) is 10.1. The molecule has 0 spiro atoms. The molecule has 0 bridgehead atoms. The van der Waals surface area contributed by atoms with E-state index in [9.17, 15) is 9.59 Å². The Balaban J connectivity index is 2.31. The minimum atomic E-state index is -0.0642. The molecular formula is C13H16N2O2. The summed E-state index contributed by atoms with van der Waals surface area (Å²) >= 11 is 0. The molecule has 1 aromatic carbocycles. The topological polar surface area (TPSA) is 49.4 Å². The van der Waals surface area contributed by atoms with Crippen LogP contribution in [0.25, 0.3) is 0 Å². The van der Waals surface area contributed by atoms with Gasteiger partial charge in [-0.1, -0.05) is 17.7 Å². The van der Waals surface area contributed by atoms with E-state index in [1.165, 1.54) is 5.56 Å². The van der Waals surface area contributed by atoms with E-state index in [-0.39, 0.29) is 18.4 Å². The Kier molecular flexibility index (Phi) is 3.13. The first-order chi connectivity index (χ1) is 8.08. The standard InChI is InChI=1S/C13H16N2O2/c1-9-3-4-11(10(2)7-9)15-6-5-12(16)14-8-13(15)17/h3-4,7H,5-6,8H2,1-2H3,(H,14,16). The first kappa shape index (κ1) is 11.6. The number of anilines is 1. The third-order valence-corrected chi connectivity index (χ3v) is 2.94. The van der Waals surface area contributed by atoms with Crippen molar-refractivity contribution in [1.29, 1.82) is 0 Å². The van der Waals surface area contributed by atoms with E-state index in [1.54, 1.807) is 4.90 Å². The molecule has 1 aromatic rings. The van der Waals surface area contributed by atoms with Crippen molar-refractivity contribution in [3.8, 4) is 0 Å². The molecule has 1 heterocycles. The van der Waals surface area contributed by atoms with Gasteiger partial charge in [-0.15, -0.1) is 0 Å². The van der Waals surface area contributed by atoms with Crippen molar-refractivity contribution < 1.29 is 9.59 Å². The molecule has 17 heavy (non-hydrogen) atoms. The molecule has 0 atom stereocenters. The summed E-state index contributed by atoms with van der Waals surface area (Å²) in [5.41, 5.74) is 3.13. The van der Waals surface area contributed by atoms with Crippen molar-refractivity contribution in [1.82, 2.24) is 5.32 Å². The molecule has 0 unspecified atom stereocenters. The van der Waals surface area contributed by atoms with Crippen LogP contribution < -0.4 is 10.2 Å². The van der Waals surface area contributed by atoms with E-state index < -0.39 is 0 Å². The van der Waals surface area contributed by atoms with Crippen LogP contribution in [-0.2, 0) is 9.59 Å². The third kappa shape index (κ3) is 2.46. The summed E-state index contributed by atoms with van der Waals surface area (Å²) in [6.07, 6.45) is 0.360. The average Bonchev–Trinajstić information content (AvgIpc) is 2.43. The maximum Gasteiger partial charge on any atom is 0.246 e. The van der Waals surface area contributed by atoms with E-state index >= 15 is 0 Å². The molecule has 2 rings (SSSR count). The number of aryl methyl sites for hydroxylation is 2. The Bertz CT molecular complexity index is 468. The first-order valence-corrected chi connectivity index (χ1v) is 5.72. The Morgan fingerprint density at radius 2 is 2.00 bits per heavy atom. The van der Waals surface area contributed by atoms with Crippen LogP contribution in [0.3, 0.4) is 0 Å². The van der Waals surface area contributed by atoms with Gasteiger partial charge in [0, 0.05) is 18.7 Å². The highest BCUT2D eigenvalue weighted by Gasteiger charge is 2.22. The van der Waals surface area contributed by atoms with Crippen molar-refractivity contribution in [3.05, 3.63) is 29.3 Å². The molecular weight excluding hydrogens is 216 g/mol. The summed E-state index contributed by atoms with van der Waals surface area (Å²) in [7, 11) is 0. The number of nitrogens with one attached hydrogen (secondary N) is 1. The molecule has 1 fully saturated rings. The van der Waals surface area contributed by atoms with Gasteiger partial charge < -0.3 is 10.2 Å². The van der Waals surface area contributed by atoms with Crippen LogP contribution in [0.15, 0.2) is 18.2 Å². The summed E-state index contributed by atoms with van der Waals surface area (Å²) in [6.45, 7) is 4.54. The number of rotatable bonds is 1. The molecule has 0 radical (unpaired) electrons. The van der Waals surface area contributed by atoms with E-state index in [2.05, 4.69) is 5.32 Å². The number of amides is 2. The summed E-state index contributed by atoms with van der Waals surface area (Å²) in [4.78, 5) is 24.9. The number of hydrogen-bond acceptors (Lipinski definition) is 2. The molecule has 4 heteroatoms. The SMILES string of the molecule is Cc1ccc(N2CCC(=O)NCC2=O)c(C)c1. The van der Waals surface area contributed by atoms with Gasteiger partial charge in [-0.2, -0.15) is 0 Å². The Morgan fingerprint density at radius 1 is 1.24 bits per heavy atom. The summed E-state index contributed by atoms with van der Waals surface area (Å²) in [6, 6.07) is 5.97. The molecule has 2 amide bonds. The molecule has 1 N–H and O–H groups in total. The highest BCUT2D eigenvalue weighted by Crippen LogP contribution is 2.22. The summed E-state index contributed by atoms with van der Waals surface area (Å²) in [5, 5.41) is 2.59. The summed E-state index contributed by atoms with van der Waals surface area (Å²) in [5.74, 6) is -0.117. The van der Waals surface area contributed by atoms with Crippen molar-refractivity contribution in [2.45, 2.75) is 20.3 Å². The zero-order chi connectivity index (χ0) is 12.4. The van der Waals surface area contributed by atoms with Crippen LogP contribution in [0, 0.1) is 13.8 Å². The Morgan fingerprint density at radius 3 is 2.71 bits per heavy atom. The van der Waals surface area contributed by atoms with Gasteiger partial charge in [-0.3, -0.25) is 9.59 Å². The molecule has 1 aliphatic rings. The van der Waals surface area contributed by atoms with Crippen molar-refractivity contribution in [2.75, 3.05) is 18.0 Å². The van der Waals surface area contributed by atoms with Crippen LogP contribution in [0.2, 0.25) is 0 Å². The van der Waals surface area contributed by atoms with Gasteiger partial charge >= 0.3 is 0 Å². The number of carbonyl (C=O) groups is 2. The van der Waals surface area contributed by atoms with Gasteiger partial charge in [0.15, 0.2) is 0 Å². The quantitative estimate of drug-likeness (QED) is 0.789. The fourth-order valence-electron chi connectivity index (χ4n) is 2.06. The second-order valence-electron chi connectivity index (χ2n) is 4.36. The predicted octanol–water partition coefficient (Wildman–Crippen LogP) is 1.16. The maximum absolute atomic E-state index is 11.9. The van der Waals surface area contributed by atoms with Gasteiger partial charge in [0.2, 0.25) is 11.8 Å². The van der Waals surface area contributed by atoms with Gasteiger partial charge in [0.1, 0.15) is 0 Å². The molecule has 0 aromatic heterocycles. The monoisotopic (exact) mass is 232 g/mol. The van der Waals surface area contributed by atoms with Crippen LogP contribution in [0.5, 0.6) is 0 Å². The molecule has 1 aliphatic heterocycles. The van der Waals surface area contributed by atoms with Gasteiger partial charge in [0.05, 0.1) is 6.54 Å². The van der Waals surface area contributed by atoms with Crippen LogP contribution in [-0.4, -0.2) is 24.9 Å². The second-order valence-corrected chi connectivity index (χ2v) is 4.36. The second kappa shape index (κ2) is 4.57. The maximum atomic E-state index is 11.9. The zero-order valence-corrected chi connectivity index (χ0v) is 10.1. The lowest BCUT2D eigenvalue weighted by Crippen LogP contribution is -2.35. The Hall–Kier alpha value is -1.84. The molecule has 0 aliphatic carbocycles. The third-order valence-electron chi connectivity index (χ3n) is 2.94. The number of hydrogen-bond donors (Lipinski definition) is 1. The smallest absolute Gasteiger partial charge is 0.246 e. The lowest BCUT2D eigenvalue weighted by Gasteiger charge is -2.22. The highest BCUT2D eigenvalue weighted by molar-refractivity contribution is 5.99. The lowest BCUT2D eigenvalue weighted by molar-refractivity contribution is -0.123. The van der Waals surface area contributed by atoms with E-state index in [0.717, 1.165) is 11.3 Å². The van der Waals surface area contributed by atoms with Crippen LogP contribution in [0.1, 0.15) is 17.5 Å². The normalized spacial score (nSPS) is 16.7. The van der Waals surface area contributed by atoms with E-state index in [1.807, 2.05) is 32.0 Å². The molecule has 1 saturated heterocycles. The van der Waals surface area contributed by atoms with Crippen LogP contribution in [0.4, 0.5) is 5.69 Å². The van der Waals surface area contributed by atoms with Gasteiger partial charge in [0.25, 0.3) is 0 Å². The van der Waals surface area contributed by atoms with Crippen LogP contribution >= 0.6 is 0 Å². The van der Waals surface area contributed by atoms with Gasteiger partial charge in [-0.25, -0.2) is 0 Å².